The number of nitrogens with one attached hydrogen (secondary N) is 1. The third kappa shape index (κ3) is 4.90. The van der Waals surface area contributed by atoms with Crippen molar-refractivity contribution in [1.29, 1.82) is 0 Å². The highest BCUT2D eigenvalue weighted by molar-refractivity contribution is 6.30. The summed E-state index contributed by atoms with van der Waals surface area (Å²) in [5.74, 6) is -0.478. The van der Waals surface area contributed by atoms with E-state index in [-0.39, 0.29) is 17.8 Å². The van der Waals surface area contributed by atoms with Gasteiger partial charge in [-0.15, -0.1) is 0 Å². The van der Waals surface area contributed by atoms with Crippen molar-refractivity contribution in [2.24, 2.45) is 5.92 Å². The van der Waals surface area contributed by atoms with Gasteiger partial charge in [-0.25, -0.2) is 0 Å². The van der Waals surface area contributed by atoms with E-state index in [1.54, 1.807) is 31.2 Å². The molecule has 0 unspecified atom stereocenters. The van der Waals surface area contributed by atoms with E-state index in [0.29, 0.717) is 17.1 Å². The number of rotatable bonds is 5. The number of halogens is 1. The van der Waals surface area contributed by atoms with E-state index in [1.807, 2.05) is 6.08 Å². The Hall–Kier alpha value is -1.81. The van der Waals surface area contributed by atoms with E-state index in [4.69, 9.17) is 16.3 Å². The predicted molar refractivity (Wildman–Crippen MR) is 82.1 cm³/mol. The average molecular weight is 308 g/mol. The second-order valence-corrected chi connectivity index (χ2v) is 5.54. The Bertz CT molecular complexity index is 556. The first-order valence-corrected chi connectivity index (χ1v) is 7.35. The number of ether oxygens (including phenoxy) is 1. The van der Waals surface area contributed by atoms with Crippen LogP contribution in [-0.2, 0) is 14.3 Å². The molecule has 1 aliphatic rings. The molecule has 1 aliphatic carbocycles. The van der Waals surface area contributed by atoms with Crippen molar-refractivity contribution in [2.75, 3.05) is 5.32 Å². The number of carbonyl (C=O) groups is 2. The number of hydrogen-bond acceptors (Lipinski definition) is 3. The molecule has 1 amide bonds. The molecule has 5 heteroatoms. The van der Waals surface area contributed by atoms with E-state index < -0.39 is 6.10 Å². The zero-order chi connectivity index (χ0) is 15.2. The monoisotopic (exact) mass is 307 g/mol. The number of benzene rings is 1. The zero-order valence-electron chi connectivity index (χ0n) is 11.8. The first kappa shape index (κ1) is 15.6. The third-order valence-electron chi connectivity index (χ3n) is 3.31. The molecule has 2 atom stereocenters. The maximum absolute atomic E-state index is 12.0. The molecular formula is C16H18ClNO3. The molecule has 1 N–H and O–H groups in total. The van der Waals surface area contributed by atoms with Gasteiger partial charge < -0.3 is 10.1 Å². The van der Waals surface area contributed by atoms with Crippen LogP contribution >= 0.6 is 11.6 Å². The standard InChI is InChI=1S/C16H18ClNO3/c1-11(21-15(19)9-12-5-2-3-6-12)16(20)18-14-8-4-7-13(17)10-14/h2,4-5,7-8,10-12H,3,6,9H2,1H3,(H,18,20)/t11-,12-/m0/s1. The van der Waals surface area contributed by atoms with Gasteiger partial charge in [-0.05, 0) is 43.9 Å². The largest absolute Gasteiger partial charge is 0.453 e. The number of esters is 1. The van der Waals surface area contributed by atoms with E-state index in [2.05, 4.69) is 11.4 Å². The molecule has 0 aromatic heterocycles. The van der Waals surface area contributed by atoms with Gasteiger partial charge in [0.15, 0.2) is 6.10 Å². The van der Waals surface area contributed by atoms with Crippen LogP contribution in [0.25, 0.3) is 0 Å². The molecule has 0 bridgehead atoms. The summed E-state index contributed by atoms with van der Waals surface area (Å²) < 4.78 is 5.16. The van der Waals surface area contributed by atoms with Crippen LogP contribution in [0.3, 0.4) is 0 Å². The Morgan fingerprint density at radius 2 is 2.29 bits per heavy atom. The highest BCUT2D eigenvalue weighted by Gasteiger charge is 2.21. The smallest absolute Gasteiger partial charge is 0.307 e. The summed E-state index contributed by atoms with van der Waals surface area (Å²) in [6, 6.07) is 6.82. The fourth-order valence-corrected chi connectivity index (χ4v) is 2.38. The molecule has 21 heavy (non-hydrogen) atoms. The summed E-state index contributed by atoms with van der Waals surface area (Å²) in [7, 11) is 0. The Morgan fingerprint density at radius 1 is 1.48 bits per heavy atom. The fourth-order valence-electron chi connectivity index (χ4n) is 2.19. The van der Waals surface area contributed by atoms with Crippen molar-refractivity contribution >= 4 is 29.2 Å². The van der Waals surface area contributed by atoms with Crippen LogP contribution in [0.15, 0.2) is 36.4 Å². The molecule has 1 aromatic carbocycles. The number of amides is 1. The first-order valence-electron chi connectivity index (χ1n) is 6.97. The molecule has 0 fully saturated rings. The zero-order valence-corrected chi connectivity index (χ0v) is 12.6. The molecule has 0 saturated heterocycles. The van der Waals surface area contributed by atoms with Gasteiger partial charge in [-0.2, -0.15) is 0 Å². The third-order valence-corrected chi connectivity index (χ3v) is 3.55. The Labute approximate surface area is 129 Å². The number of anilines is 1. The van der Waals surface area contributed by atoms with Crippen LogP contribution in [0.1, 0.15) is 26.2 Å². The number of hydrogen-bond donors (Lipinski definition) is 1. The van der Waals surface area contributed by atoms with E-state index >= 15 is 0 Å². The molecule has 2 rings (SSSR count). The van der Waals surface area contributed by atoms with Crippen LogP contribution < -0.4 is 5.32 Å². The van der Waals surface area contributed by atoms with Crippen molar-refractivity contribution in [3.63, 3.8) is 0 Å². The van der Waals surface area contributed by atoms with Crippen molar-refractivity contribution in [2.45, 2.75) is 32.3 Å². The van der Waals surface area contributed by atoms with Crippen LogP contribution in [-0.4, -0.2) is 18.0 Å². The van der Waals surface area contributed by atoms with Gasteiger partial charge in [0.25, 0.3) is 5.91 Å². The maximum Gasteiger partial charge on any atom is 0.307 e. The van der Waals surface area contributed by atoms with Crippen molar-refractivity contribution in [3.8, 4) is 0 Å². The molecular weight excluding hydrogens is 290 g/mol. The fraction of sp³-hybridized carbons (Fsp3) is 0.375. The van der Waals surface area contributed by atoms with Crippen LogP contribution in [0, 0.1) is 5.92 Å². The lowest BCUT2D eigenvalue weighted by Gasteiger charge is -2.15. The predicted octanol–water partition coefficient (Wildman–Crippen LogP) is 3.57. The Balaban J connectivity index is 1.81. The molecule has 0 aliphatic heterocycles. The highest BCUT2D eigenvalue weighted by atomic mass is 35.5. The number of allylic oxidation sites excluding steroid dienone is 2. The molecule has 112 valence electrons. The quantitative estimate of drug-likeness (QED) is 0.668. The van der Waals surface area contributed by atoms with Crippen LogP contribution in [0.4, 0.5) is 5.69 Å². The molecule has 0 radical (unpaired) electrons. The van der Waals surface area contributed by atoms with Crippen molar-refractivity contribution < 1.29 is 14.3 Å². The maximum atomic E-state index is 12.0. The highest BCUT2D eigenvalue weighted by Crippen LogP contribution is 2.21. The van der Waals surface area contributed by atoms with Gasteiger partial charge in [0.05, 0.1) is 6.42 Å². The lowest BCUT2D eigenvalue weighted by atomic mass is 10.1. The minimum Gasteiger partial charge on any atom is -0.453 e. The van der Waals surface area contributed by atoms with E-state index in [0.717, 1.165) is 12.8 Å². The molecule has 0 heterocycles. The normalized spacial score (nSPS) is 18.3. The summed E-state index contributed by atoms with van der Waals surface area (Å²) in [5, 5.41) is 3.20. The molecule has 0 saturated carbocycles. The molecule has 4 nitrogen and oxygen atoms in total. The summed E-state index contributed by atoms with van der Waals surface area (Å²) in [6.45, 7) is 1.56. The Morgan fingerprint density at radius 3 is 2.95 bits per heavy atom. The SMILES string of the molecule is C[C@H](OC(=O)C[C@H]1C=CCC1)C(=O)Nc1cccc(Cl)c1. The van der Waals surface area contributed by atoms with E-state index in [1.165, 1.54) is 0 Å². The van der Waals surface area contributed by atoms with Crippen LogP contribution in [0.2, 0.25) is 5.02 Å². The topological polar surface area (TPSA) is 55.4 Å². The average Bonchev–Trinajstić information content (AvgIpc) is 2.91. The lowest BCUT2D eigenvalue weighted by Crippen LogP contribution is -2.30. The summed E-state index contributed by atoms with van der Waals surface area (Å²) >= 11 is 5.84. The summed E-state index contributed by atoms with van der Waals surface area (Å²) in [6.07, 6.45) is 5.55. The Kier molecular flexibility index (Phi) is 5.39. The second-order valence-electron chi connectivity index (χ2n) is 5.10. The number of carbonyl (C=O) groups excluding carboxylic acids is 2. The van der Waals surface area contributed by atoms with Gasteiger partial charge >= 0.3 is 5.97 Å². The van der Waals surface area contributed by atoms with Gasteiger partial charge in [0.2, 0.25) is 0 Å². The molecule has 1 aromatic rings. The van der Waals surface area contributed by atoms with E-state index in [9.17, 15) is 9.59 Å². The summed E-state index contributed by atoms with van der Waals surface area (Å²) in [4.78, 5) is 23.7. The van der Waals surface area contributed by atoms with Gasteiger partial charge in [-0.1, -0.05) is 29.8 Å². The van der Waals surface area contributed by atoms with Crippen molar-refractivity contribution in [1.82, 2.24) is 0 Å². The lowest BCUT2D eigenvalue weighted by molar-refractivity contribution is -0.153. The van der Waals surface area contributed by atoms with Crippen molar-refractivity contribution in [3.05, 3.63) is 41.4 Å². The second kappa shape index (κ2) is 7.27. The first-order chi connectivity index (χ1) is 10.0. The van der Waals surface area contributed by atoms with Gasteiger partial charge in [0.1, 0.15) is 0 Å². The van der Waals surface area contributed by atoms with Crippen LogP contribution in [0.5, 0.6) is 0 Å². The van der Waals surface area contributed by atoms with Gasteiger partial charge in [-0.3, -0.25) is 9.59 Å². The minimum absolute atomic E-state index is 0.237. The summed E-state index contributed by atoms with van der Waals surface area (Å²) in [5.41, 5.74) is 0.578. The van der Waals surface area contributed by atoms with Gasteiger partial charge in [0, 0.05) is 10.7 Å². The molecule has 0 spiro atoms. The minimum atomic E-state index is -0.832.